The van der Waals surface area contributed by atoms with E-state index in [0.29, 0.717) is 26.3 Å². The molecule has 0 unspecified atom stereocenters. The molecule has 1 aromatic rings. The maximum Gasteiger partial charge on any atom is 0.430 e. The average Bonchev–Trinajstić information content (AvgIpc) is 3.09. The smallest absolute Gasteiger partial charge is 0.430 e. The fraction of sp³-hybridized carbons (Fsp3) is 0.615. The fourth-order valence-electron chi connectivity index (χ4n) is 2.59. The maximum atomic E-state index is 11.9. The van der Waals surface area contributed by atoms with Crippen LogP contribution in [0.1, 0.15) is 5.82 Å². The molecule has 3 heterocycles. The van der Waals surface area contributed by atoms with Gasteiger partial charge in [-0.3, -0.25) is 4.90 Å². The van der Waals surface area contributed by atoms with E-state index in [2.05, 4.69) is 15.0 Å². The highest BCUT2D eigenvalue weighted by molar-refractivity contribution is 5.85. The highest BCUT2D eigenvalue weighted by atomic mass is 35.5. The van der Waals surface area contributed by atoms with Crippen molar-refractivity contribution in [3.8, 4) is 0 Å². The number of amides is 1. The van der Waals surface area contributed by atoms with E-state index in [1.807, 2.05) is 0 Å². The van der Waals surface area contributed by atoms with Crippen LogP contribution in [0.15, 0.2) is 11.3 Å². The van der Waals surface area contributed by atoms with Crippen LogP contribution < -0.4 is 0 Å². The third kappa shape index (κ3) is 4.44. The molecule has 2 fully saturated rings. The fourth-order valence-corrected chi connectivity index (χ4v) is 2.59. The van der Waals surface area contributed by atoms with Gasteiger partial charge in [-0.15, -0.1) is 12.4 Å². The molecular formula is C13H19ClN6O5. The second-order valence-electron chi connectivity index (χ2n) is 5.54. The normalized spacial score (nSPS) is 21.4. The molecule has 12 heteroatoms. The summed E-state index contributed by atoms with van der Waals surface area (Å²) in [5.74, 6) is 0.136. The van der Waals surface area contributed by atoms with Crippen molar-refractivity contribution in [1.29, 1.82) is 0 Å². The zero-order valence-corrected chi connectivity index (χ0v) is 14.4. The third-order valence-electron chi connectivity index (χ3n) is 3.92. The lowest BCUT2D eigenvalue weighted by atomic mass is 10.3. The Bertz CT molecular complexity index is 659. The van der Waals surface area contributed by atoms with Gasteiger partial charge in [0.05, 0.1) is 26.8 Å². The van der Waals surface area contributed by atoms with Crippen LogP contribution in [0.4, 0.5) is 10.6 Å². The second-order valence-corrected chi connectivity index (χ2v) is 5.54. The molecule has 0 aromatic carbocycles. The van der Waals surface area contributed by atoms with Gasteiger partial charge in [0, 0.05) is 19.6 Å². The Morgan fingerprint density at radius 1 is 1.48 bits per heavy atom. The first-order valence-corrected chi connectivity index (χ1v) is 7.53. The molecule has 25 heavy (non-hydrogen) atoms. The largest absolute Gasteiger partial charge is 0.441 e. The third-order valence-corrected chi connectivity index (χ3v) is 3.92. The van der Waals surface area contributed by atoms with Crippen LogP contribution in [0.5, 0.6) is 0 Å². The van der Waals surface area contributed by atoms with Gasteiger partial charge in [0.25, 0.3) is 0 Å². The number of aromatic nitrogens is 2. The number of nitrogens with zero attached hydrogens (tertiary/aromatic N) is 6. The first kappa shape index (κ1) is 19.1. The maximum absolute atomic E-state index is 11.9. The molecule has 11 nitrogen and oxygen atoms in total. The van der Waals surface area contributed by atoms with E-state index in [1.54, 1.807) is 0 Å². The zero-order valence-electron chi connectivity index (χ0n) is 13.6. The molecule has 0 N–H and O–H groups in total. The summed E-state index contributed by atoms with van der Waals surface area (Å²) in [6, 6.07) is 0. The van der Waals surface area contributed by atoms with Crippen molar-refractivity contribution in [2.75, 3.05) is 39.4 Å². The molecule has 0 spiro atoms. The predicted octanol–water partition coefficient (Wildman–Crippen LogP) is 0.237. The Hall–Kier alpha value is -2.24. The van der Waals surface area contributed by atoms with E-state index in [0.717, 1.165) is 19.3 Å². The number of hydrogen-bond donors (Lipinski definition) is 0. The van der Waals surface area contributed by atoms with Crippen LogP contribution in [-0.2, 0) is 16.5 Å². The molecule has 1 aromatic heterocycles. The summed E-state index contributed by atoms with van der Waals surface area (Å²) in [6.07, 6.45) is 1.66. The van der Waals surface area contributed by atoms with E-state index in [4.69, 9.17) is 9.47 Å². The predicted molar refractivity (Wildman–Crippen MR) is 88.9 cm³/mol. The minimum Gasteiger partial charge on any atom is -0.441 e. The van der Waals surface area contributed by atoms with Gasteiger partial charge in [-0.25, -0.2) is 14.3 Å². The number of rotatable bonds is 5. The topological polar surface area (TPSA) is 115 Å². The number of nitro groups is 1. The lowest BCUT2D eigenvalue weighted by molar-refractivity contribution is -0.391. The van der Waals surface area contributed by atoms with E-state index >= 15 is 0 Å². The Morgan fingerprint density at radius 2 is 2.20 bits per heavy atom. The summed E-state index contributed by atoms with van der Waals surface area (Å²) in [4.78, 5) is 28.2. The van der Waals surface area contributed by atoms with Crippen molar-refractivity contribution in [1.82, 2.24) is 19.5 Å². The van der Waals surface area contributed by atoms with Gasteiger partial charge in [-0.05, 0) is 4.92 Å². The standard InChI is InChI=1S/C13H18N6O5.ClH/c1-16-11(14-7-12(16)19(21)22)6-15-18-9-10(24-13(18)20)8-17-2-4-23-5-3-17;/h6-7,10H,2-5,8-9H2,1H3;1H/b15-6+;/t10-;/m1./s1. The van der Waals surface area contributed by atoms with Crippen molar-refractivity contribution < 1.29 is 19.2 Å². The minimum atomic E-state index is -0.535. The number of morpholine rings is 1. The quantitative estimate of drug-likeness (QED) is 0.411. The molecule has 138 valence electrons. The van der Waals surface area contributed by atoms with Crippen molar-refractivity contribution in [2.45, 2.75) is 6.10 Å². The van der Waals surface area contributed by atoms with Gasteiger partial charge in [0.15, 0.2) is 0 Å². The summed E-state index contributed by atoms with van der Waals surface area (Å²) in [5, 5.41) is 16.0. The number of carbonyl (C=O) groups is 1. The average molecular weight is 375 g/mol. The second kappa shape index (κ2) is 8.23. The summed E-state index contributed by atoms with van der Waals surface area (Å²) >= 11 is 0. The van der Waals surface area contributed by atoms with E-state index in [9.17, 15) is 14.9 Å². The van der Waals surface area contributed by atoms with Crippen molar-refractivity contribution >= 4 is 30.5 Å². The summed E-state index contributed by atoms with van der Waals surface area (Å²) < 4.78 is 11.9. The molecule has 1 atom stereocenters. The number of cyclic esters (lactones) is 1. The number of carbonyl (C=O) groups excluding carboxylic acids is 1. The van der Waals surface area contributed by atoms with Gasteiger partial charge in [0.2, 0.25) is 5.82 Å². The molecule has 3 rings (SSSR count). The summed E-state index contributed by atoms with van der Waals surface area (Å²) in [6.45, 7) is 3.96. The lowest BCUT2D eigenvalue weighted by Crippen LogP contribution is -2.41. The van der Waals surface area contributed by atoms with Gasteiger partial charge in [-0.2, -0.15) is 10.1 Å². The first-order chi connectivity index (χ1) is 11.5. The van der Waals surface area contributed by atoms with Crippen LogP contribution in [-0.4, -0.2) is 82.2 Å². The van der Waals surface area contributed by atoms with E-state index in [-0.39, 0.29) is 30.2 Å². The number of ether oxygens (including phenoxy) is 2. The van der Waals surface area contributed by atoms with Crippen molar-refractivity contribution in [3.05, 3.63) is 22.1 Å². The lowest BCUT2D eigenvalue weighted by Gasteiger charge is -2.27. The van der Waals surface area contributed by atoms with E-state index in [1.165, 1.54) is 22.8 Å². The monoisotopic (exact) mass is 374 g/mol. The van der Waals surface area contributed by atoms with Gasteiger partial charge in [-0.1, -0.05) is 0 Å². The number of hydrazone groups is 1. The molecule has 2 saturated heterocycles. The van der Waals surface area contributed by atoms with Gasteiger partial charge in [0.1, 0.15) is 18.5 Å². The Labute approximate surface area is 149 Å². The summed E-state index contributed by atoms with van der Waals surface area (Å²) in [5.41, 5.74) is 0. The van der Waals surface area contributed by atoms with Crippen LogP contribution in [0.3, 0.4) is 0 Å². The Kier molecular flexibility index (Phi) is 6.28. The molecule has 2 aliphatic heterocycles. The number of halogens is 1. The molecule has 0 bridgehead atoms. The number of hydrogen-bond acceptors (Lipinski definition) is 8. The van der Waals surface area contributed by atoms with Crippen molar-refractivity contribution in [3.63, 3.8) is 0 Å². The van der Waals surface area contributed by atoms with Crippen LogP contribution >= 0.6 is 12.4 Å². The van der Waals surface area contributed by atoms with Crippen molar-refractivity contribution in [2.24, 2.45) is 12.1 Å². The number of imidazole rings is 1. The first-order valence-electron chi connectivity index (χ1n) is 7.53. The van der Waals surface area contributed by atoms with Crippen LogP contribution in [0.25, 0.3) is 0 Å². The Morgan fingerprint density at radius 3 is 2.84 bits per heavy atom. The van der Waals surface area contributed by atoms with Gasteiger partial charge < -0.3 is 19.6 Å². The molecule has 0 aliphatic carbocycles. The highest BCUT2D eigenvalue weighted by Gasteiger charge is 2.33. The van der Waals surface area contributed by atoms with Gasteiger partial charge >= 0.3 is 11.9 Å². The summed E-state index contributed by atoms with van der Waals surface area (Å²) in [7, 11) is 1.51. The SMILES string of the molecule is Cl.Cn1c([N+](=O)[O-])cnc1/C=N/N1C[C@@H](CN2CCOCC2)OC1=O. The Balaban J connectivity index is 0.00000225. The van der Waals surface area contributed by atoms with Crippen LogP contribution in [0.2, 0.25) is 0 Å². The zero-order chi connectivity index (χ0) is 17.1. The molecule has 0 saturated carbocycles. The van der Waals surface area contributed by atoms with E-state index < -0.39 is 11.0 Å². The minimum absolute atomic E-state index is 0. The molecule has 2 aliphatic rings. The highest BCUT2D eigenvalue weighted by Crippen LogP contribution is 2.15. The molecule has 0 radical (unpaired) electrons. The molecular weight excluding hydrogens is 356 g/mol. The van der Waals surface area contributed by atoms with Crippen LogP contribution in [0, 0.1) is 10.1 Å². The molecule has 1 amide bonds.